The van der Waals surface area contributed by atoms with Crippen molar-refractivity contribution in [2.75, 3.05) is 13.1 Å². The van der Waals surface area contributed by atoms with E-state index in [1.165, 1.54) is 4.90 Å². The SMILES string of the molecule is Cc1cc(C2CN(C(=O)O)CCC2N)ccc1Cl. The summed E-state index contributed by atoms with van der Waals surface area (Å²) in [7, 11) is 0. The van der Waals surface area contributed by atoms with Crippen LogP contribution < -0.4 is 5.73 Å². The average molecular weight is 269 g/mol. The van der Waals surface area contributed by atoms with E-state index in [1.54, 1.807) is 0 Å². The topological polar surface area (TPSA) is 66.6 Å². The van der Waals surface area contributed by atoms with Gasteiger partial charge in [-0.25, -0.2) is 4.79 Å². The van der Waals surface area contributed by atoms with Crippen LogP contribution in [0.4, 0.5) is 4.79 Å². The van der Waals surface area contributed by atoms with Crippen molar-refractivity contribution in [2.24, 2.45) is 5.73 Å². The second-order valence-electron chi connectivity index (χ2n) is 4.80. The molecule has 2 atom stereocenters. The Morgan fingerprint density at radius 1 is 1.56 bits per heavy atom. The van der Waals surface area contributed by atoms with Crippen molar-refractivity contribution in [3.63, 3.8) is 0 Å². The van der Waals surface area contributed by atoms with Crippen LogP contribution in [0.15, 0.2) is 18.2 Å². The van der Waals surface area contributed by atoms with Crippen molar-refractivity contribution >= 4 is 17.7 Å². The quantitative estimate of drug-likeness (QED) is 0.822. The molecule has 0 saturated carbocycles. The molecule has 1 aromatic rings. The number of aryl methyl sites for hydroxylation is 1. The molecule has 5 heteroatoms. The number of amides is 1. The lowest BCUT2D eigenvalue weighted by molar-refractivity contribution is 0.126. The van der Waals surface area contributed by atoms with Crippen molar-refractivity contribution in [1.82, 2.24) is 4.90 Å². The Balaban J connectivity index is 2.24. The van der Waals surface area contributed by atoms with Crippen molar-refractivity contribution in [1.29, 1.82) is 0 Å². The van der Waals surface area contributed by atoms with Crippen LogP contribution in [0.25, 0.3) is 0 Å². The summed E-state index contributed by atoms with van der Waals surface area (Å²) in [6.45, 7) is 2.91. The third kappa shape index (κ3) is 2.60. The summed E-state index contributed by atoms with van der Waals surface area (Å²) in [4.78, 5) is 12.5. The van der Waals surface area contributed by atoms with Crippen LogP contribution in [0.2, 0.25) is 5.02 Å². The van der Waals surface area contributed by atoms with E-state index >= 15 is 0 Å². The highest BCUT2D eigenvalue weighted by Crippen LogP contribution is 2.28. The Labute approximate surface area is 111 Å². The standard InChI is InChI=1S/C13H17ClN2O2/c1-8-6-9(2-3-11(8)14)10-7-16(13(17)18)5-4-12(10)15/h2-3,6,10,12H,4-5,7,15H2,1H3,(H,17,18). The maximum absolute atomic E-state index is 11.0. The lowest BCUT2D eigenvalue weighted by Gasteiger charge is -2.35. The summed E-state index contributed by atoms with van der Waals surface area (Å²) in [6, 6.07) is 5.78. The van der Waals surface area contributed by atoms with Gasteiger partial charge in [0.1, 0.15) is 0 Å². The number of carboxylic acid groups (broad SMARTS) is 1. The third-order valence-electron chi connectivity index (χ3n) is 3.55. The zero-order valence-corrected chi connectivity index (χ0v) is 11.0. The van der Waals surface area contributed by atoms with Gasteiger partial charge in [-0.15, -0.1) is 0 Å². The van der Waals surface area contributed by atoms with E-state index in [0.29, 0.717) is 19.5 Å². The first kappa shape index (κ1) is 13.2. The first-order valence-corrected chi connectivity index (χ1v) is 6.36. The number of hydrogen-bond donors (Lipinski definition) is 2. The summed E-state index contributed by atoms with van der Waals surface area (Å²) < 4.78 is 0. The fourth-order valence-corrected chi connectivity index (χ4v) is 2.51. The molecule has 1 fully saturated rings. The molecule has 4 nitrogen and oxygen atoms in total. The van der Waals surface area contributed by atoms with Gasteiger partial charge in [0, 0.05) is 30.1 Å². The van der Waals surface area contributed by atoms with Gasteiger partial charge in [-0.2, -0.15) is 0 Å². The van der Waals surface area contributed by atoms with E-state index in [-0.39, 0.29) is 12.0 Å². The summed E-state index contributed by atoms with van der Waals surface area (Å²) in [6.07, 6.45) is -0.184. The molecule has 0 spiro atoms. The van der Waals surface area contributed by atoms with Gasteiger partial charge in [0.2, 0.25) is 0 Å². The number of hydrogen-bond acceptors (Lipinski definition) is 2. The van der Waals surface area contributed by atoms with E-state index in [1.807, 2.05) is 25.1 Å². The Kier molecular flexibility index (Phi) is 3.78. The highest BCUT2D eigenvalue weighted by atomic mass is 35.5. The number of halogens is 1. The van der Waals surface area contributed by atoms with E-state index in [2.05, 4.69) is 0 Å². The molecular formula is C13H17ClN2O2. The predicted molar refractivity (Wildman–Crippen MR) is 71.1 cm³/mol. The zero-order chi connectivity index (χ0) is 13.3. The van der Waals surface area contributed by atoms with E-state index in [0.717, 1.165) is 16.1 Å². The minimum Gasteiger partial charge on any atom is -0.465 e. The highest BCUT2D eigenvalue weighted by Gasteiger charge is 2.30. The first-order valence-electron chi connectivity index (χ1n) is 5.98. The highest BCUT2D eigenvalue weighted by molar-refractivity contribution is 6.31. The molecule has 0 bridgehead atoms. The second-order valence-corrected chi connectivity index (χ2v) is 5.20. The maximum Gasteiger partial charge on any atom is 0.407 e. The molecule has 98 valence electrons. The van der Waals surface area contributed by atoms with E-state index < -0.39 is 6.09 Å². The fourth-order valence-electron chi connectivity index (χ4n) is 2.40. The lowest BCUT2D eigenvalue weighted by atomic mass is 9.86. The van der Waals surface area contributed by atoms with Gasteiger partial charge >= 0.3 is 6.09 Å². The molecule has 1 aliphatic rings. The Hall–Kier alpha value is -1.26. The summed E-state index contributed by atoms with van der Waals surface area (Å²) in [5.41, 5.74) is 8.17. The van der Waals surface area contributed by atoms with Crippen molar-refractivity contribution in [3.05, 3.63) is 34.3 Å². The fraction of sp³-hybridized carbons (Fsp3) is 0.462. The molecule has 2 unspecified atom stereocenters. The molecule has 18 heavy (non-hydrogen) atoms. The minimum absolute atomic E-state index is 0.00109. The van der Waals surface area contributed by atoms with Crippen LogP contribution in [0.5, 0.6) is 0 Å². The molecule has 1 saturated heterocycles. The van der Waals surface area contributed by atoms with Gasteiger partial charge in [-0.1, -0.05) is 23.7 Å². The van der Waals surface area contributed by atoms with Crippen LogP contribution in [-0.4, -0.2) is 35.2 Å². The van der Waals surface area contributed by atoms with Gasteiger partial charge in [-0.05, 0) is 30.5 Å². The number of nitrogens with two attached hydrogens (primary N) is 1. The Morgan fingerprint density at radius 3 is 2.89 bits per heavy atom. The first-order chi connectivity index (χ1) is 8.49. The summed E-state index contributed by atoms with van der Waals surface area (Å²) in [5.74, 6) is 0.0471. The molecular weight excluding hydrogens is 252 g/mol. The molecule has 1 aliphatic heterocycles. The van der Waals surface area contributed by atoms with Crippen molar-refractivity contribution < 1.29 is 9.90 Å². The normalized spacial score (nSPS) is 24.1. The number of benzene rings is 1. The minimum atomic E-state index is -0.877. The maximum atomic E-state index is 11.0. The lowest BCUT2D eigenvalue weighted by Crippen LogP contribution is -2.47. The van der Waals surface area contributed by atoms with Gasteiger partial charge in [0.15, 0.2) is 0 Å². The monoisotopic (exact) mass is 268 g/mol. The Morgan fingerprint density at radius 2 is 2.28 bits per heavy atom. The second kappa shape index (κ2) is 5.16. The third-order valence-corrected chi connectivity index (χ3v) is 3.97. The summed E-state index contributed by atoms with van der Waals surface area (Å²) >= 11 is 6.00. The average Bonchev–Trinajstić information content (AvgIpc) is 2.33. The number of piperidine rings is 1. The molecule has 1 heterocycles. The number of likely N-dealkylation sites (tertiary alicyclic amines) is 1. The molecule has 1 amide bonds. The van der Waals surface area contributed by atoms with Gasteiger partial charge in [-0.3, -0.25) is 0 Å². The smallest absolute Gasteiger partial charge is 0.407 e. The van der Waals surface area contributed by atoms with Crippen LogP contribution in [0.1, 0.15) is 23.5 Å². The number of rotatable bonds is 1. The molecule has 0 aliphatic carbocycles. The van der Waals surface area contributed by atoms with E-state index in [4.69, 9.17) is 22.4 Å². The molecule has 3 N–H and O–H groups in total. The number of carbonyl (C=O) groups is 1. The zero-order valence-electron chi connectivity index (χ0n) is 10.3. The largest absolute Gasteiger partial charge is 0.465 e. The van der Waals surface area contributed by atoms with Gasteiger partial charge in [0.25, 0.3) is 0 Å². The van der Waals surface area contributed by atoms with Crippen molar-refractivity contribution in [3.8, 4) is 0 Å². The Bertz CT molecular complexity index is 464. The predicted octanol–water partition coefficient (Wildman–Crippen LogP) is 2.44. The summed E-state index contributed by atoms with van der Waals surface area (Å²) in [5, 5.41) is 9.77. The van der Waals surface area contributed by atoms with Crippen LogP contribution in [0, 0.1) is 6.92 Å². The number of nitrogens with zero attached hydrogens (tertiary/aromatic N) is 1. The van der Waals surface area contributed by atoms with Crippen LogP contribution >= 0.6 is 11.6 Å². The molecule has 0 aromatic heterocycles. The molecule has 0 radical (unpaired) electrons. The van der Waals surface area contributed by atoms with Crippen molar-refractivity contribution in [2.45, 2.75) is 25.3 Å². The molecule has 1 aromatic carbocycles. The van der Waals surface area contributed by atoms with Gasteiger partial charge < -0.3 is 15.7 Å². The van der Waals surface area contributed by atoms with Gasteiger partial charge in [0.05, 0.1) is 0 Å². The van der Waals surface area contributed by atoms with E-state index in [9.17, 15) is 4.79 Å². The molecule has 2 rings (SSSR count). The van der Waals surface area contributed by atoms with Crippen LogP contribution in [0.3, 0.4) is 0 Å². The van der Waals surface area contributed by atoms with Crippen LogP contribution in [-0.2, 0) is 0 Å².